The van der Waals surface area contributed by atoms with Gasteiger partial charge in [-0.15, -0.1) is 23.1 Å². The maximum Gasteiger partial charge on any atom is 0.352 e. The number of thioether (sulfide) groups is 1. The molecular weight excluding hydrogens is 420 g/mol. The number of amides is 2. The van der Waals surface area contributed by atoms with Crippen molar-refractivity contribution in [1.82, 2.24) is 10.2 Å². The van der Waals surface area contributed by atoms with Gasteiger partial charge in [0.2, 0.25) is 11.4 Å². The van der Waals surface area contributed by atoms with E-state index < -0.39 is 40.4 Å². The second-order valence-electron chi connectivity index (χ2n) is 6.54. The summed E-state index contributed by atoms with van der Waals surface area (Å²) in [4.78, 5) is 62.5. The van der Waals surface area contributed by atoms with Crippen molar-refractivity contribution < 1.29 is 33.8 Å². The van der Waals surface area contributed by atoms with Gasteiger partial charge in [-0.2, -0.15) is 0 Å². The molecule has 0 unspecified atom stereocenters. The third-order valence-corrected chi connectivity index (χ3v) is 6.88. The highest BCUT2D eigenvalue weighted by Gasteiger charge is 2.68. The Hall–Kier alpha value is -2.66. The summed E-state index contributed by atoms with van der Waals surface area (Å²) in [5.41, 5.74) is -1.87. The molecule has 2 aliphatic heterocycles. The van der Waals surface area contributed by atoms with Crippen LogP contribution in [-0.4, -0.2) is 62.8 Å². The summed E-state index contributed by atoms with van der Waals surface area (Å²) in [6, 6.07) is 3.55. The predicted octanol–water partition coefficient (Wildman–Crippen LogP) is 0.552. The molecule has 2 aliphatic rings. The van der Waals surface area contributed by atoms with Crippen molar-refractivity contribution >= 4 is 52.6 Å². The average molecular weight is 438 g/mol. The van der Waals surface area contributed by atoms with Crippen LogP contribution in [0.5, 0.6) is 0 Å². The Balaban J connectivity index is 1.87. The van der Waals surface area contributed by atoms with Crippen molar-refractivity contribution in [2.75, 3.05) is 12.4 Å². The highest BCUT2D eigenvalue weighted by Crippen LogP contribution is 2.46. The summed E-state index contributed by atoms with van der Waals surface area (Å²) in [5, 5.41) is 13.1. The predicted molar refractivity (Wildman–Crippen MR) is 104 cm³/mol. The summed E-state index contributed by atoms with van der Waals surface area (Å²) in [5.74, 6) is -3.68. The molecule has 0 spiro atoms. The minimum absolute atomic E-state index is 0.0106. The summed E-state index contributed by atoms with van der Waals surface area (Å²) < 4.78 is 4.88. The number of hydrogen-bond donors (Lipinski definition) is 2. The smallest absolute Gasteiger partial charge is 0.352 e. The number of β-lactam (4-membered cyclic amide) rings is 1. The zero-order chi connectivity index (χ0) is 21.3. The molecule has 154 valence electrons. The zero-order valence-corrected chi connectivity index (χ0v) is 17.2. The lowest BCUT2D eigenvalue weighted by Gasteiger charge is -2.55. The van der Waals surface area contributed by atoms with Crippen LogP contribution >= 0.6 is 23.1 Å². The lowest BCUT2D eigenvalue weighted by atomic mass is 9.82. The molecule has 2 N–H and O–H groups in total. The SMILES string of the molecule is CC(=O)OCC1=C(C(=O)O)N2C(=O)[C@](NC(=O)Cc3cccs3)(C(C)=O)[C@H]2SC1. The Labute approximate surface area is 174 Å². The molecule has 1 fully saturated rings. The van der Waals surface area contributed by atoms with E-state index in [0.29, 0.717) is 0 Å². The summed E-state index contributed by atoms with van der Waals surface area (Å²) in [6.45, 7) is 2.12. The van der Waals surface area contributed by atoms with Crippen LogP contribution in [0, 0.1) is 0 Å². The van der Waals surface area contributed by atoms with Gasteiger partial charge in [-0.25, -0.2) is 4.79 Å². The van der Waals surface area contributed by atoms with Gasteiger partial charge in [0.05, 0.1) is 6.42 Å². The molecule has 0 aromatic carbocycles. The van der Waals surface area contributed by atoms with E-state index in [1.54, 1.807) is 12.1 Å². The molecule has 11 heteroatoms. The standard InChI is InChI=1S/C18H18N2O7S2/c1-9(21)18(19-13(23)6-12-4-3-5-28-12)16(26)20-14(15(24)25)11(7-27-10(2)22)8-29-17(18)20/h3-5,17H,6-8H2,1-2H3,(H,19,23)(H,24,25)/t17-,18-/m1/s1. The van der Waals surface area contributed by atoms with Crippen molar-refractivity contribution in [3.8, 4) is 0 Å². The first-order chi connectivity index (χ1) is 13.7. The Morgan fingerprint density at radius 3 is 2.62 bits per heavy atom. The highest BCUT2D eigenvalue weighted by molar-refractivity contribution is 8.00. The van der Waals surface area contributed by atoms with Crippen LogP contribution in [0.25, 0.3) is 0 Å². The van der Waals surface area contributed by atoms with E-state index in [1.165, 1.54) is 25.2 Å². The first kappa shape index (κ1) is 21.1. The monoisotopic (exact) mass is 438 g/mol. The average Bonchev–Trinajstić information content (AvgIpc) is 3.15. The fourth-order valence-corrected chi connectivity index (χ4v) is 5.49. The van der Waals surface area contributed by atoms with Gasteiger partial charge in [-0.05, 0) is 18.4 Å². The minimum Gasteiger partial charge on any atom is -0.477 e. The maximum atomic E-state index is 13.0. The molecule has 0 aliphatic carbocycles. The van der Waals surface area contributed by atoms with E-state index in [1.807, 2.05) is 5.38 Å². The van der Waals surface area contributed by atoms with Crippen LogP contribution in [0.3, 0.4) is 0 Å². The van der Waals surface area contributed by atoms with Gasteiger partial charge in [0.15, 0.2) is 5.78 Å². The molecule has 9 nitrogen and oxygen atoms in total. The Bertz CT molecular complexity index is 925. The topological polar surface area (TPSA) is 130 Å². The van der Waals surface area contributed by atoms with Crippen LogP contribution in [0.1, 0.15) is 18.7 Å². The number of ether oxygens (including phenoxy) is 1. The molecule has 3 heterocycles. The molecule has 0 saturated carbocycles. The summed E-state index contributed by atoms with van der Waals surface area (Å²) >= 11 is 2.52. The van der Waals surface area contributed by atoms with E-state index in [9.17, 15) is 29.1 Å². The van der Waals surface area contributed by atoms with Crippen LogP contribution in [-0.2, 0) is 35.1 Å². The number of nitrogens with zero attached hydrogens (tertiary/aromatic N) is 1. The molecule has 2 amide bonds. The van der Waals surface area contributed by atoms with E-state index in [-0.39, 0.29) is 30.1 Å². The van der Waals surface area contributed by atoms with Gasteiger partial charge < -0.3 is 15.2 Å². The number of aliphatic carboxylic acids is 1. The molecular formula is C18H18N2O7S2. The van der Waals surface area contributed by atoms with Crippen molar-refractivity contribution in [3.63, 3.8) is 0 Å². The third kappa shape index (κ3) is 3.67. The lowest BCUT2D eigenvalue weighted by molar-refractivity contribution is -0.163. The van der Waals surface area contributed by atoms with Gasteiger partial charge in [-0.3, -0.25) is 24.1 Å². The molecule has 1 aromatic rings. The highest BCUT2D eigenvalue weighted by atomic mass is 32.2. The molecule has 1 saturated heterocycles. The molecule has 1 aromatic heterocycles. The second kappa shape index (κ2) is 7.99. The van der Waals surface area contributed by atoms with Gasteiger partial charge in [-0.1, -0.05) is 6.07 Å². The van der Waals surface area contributed by atoms with Crippen molar-refractivity contribution in [3.05, 3.63) is 33.7 Å². The number of thiophene rings is 1. The Morgan fingerprint density at radius 2 is 2.07 bits per heavy atom. The number of hydrogen-bond acceptors (Lipinski definition) is 8. The maximum absolute atomic E-state index is 13.0. The van der Waals surface area contributed by atoms with E-state index in [2.05, 4.69) is 5.32 Å². The number of carbonyl (C=O) groups is 5. The molecule has 0 bridgehead atoms. The fourth-order valence-electron chi connectivity index (χ4n) is 3.28. The third-order valence-electron chi connectivity index (χ3n) is 4.61. The van der Waals surface area contributed by atoms with Crippen molar-refractivity contribution in [2.24, 2.45) is 0 Å². The van der Waals surface area contributed by atoms with Crippen molar-refractivity contribution in [1.29, 1.82) is 0 Å². The van der Waals surface area contributed by atoms with Crippen LogP contribution < -0.4 is 5.32 Å². The first-order valence-corrected chi connectivity index (χ1v) is 10.5. The van der Waals surface area contributed by atoms with Crippen LogP contribution in [0.15, 0.2) is 28.8 Å². The van der Waals surface area contributed by atoms with Gasteiger partial charge in [0.1, 0.15) is 17.7 Å². The fraction of sp³-hybridized carbons (Fsp3) is 0.389. The number of carboxylic acids is 1. The molecule has 0 radical (unpaired) electrons. The van der Waals surface area contributed by atoms with E-state index in [4.69, 9.17) is 4.74 Å². The number of fused-ring (bicyclic) bond motifs is 1. The molecule has 29 heavy (non-hydrogen) atoms. The van der Waals surface area contributed by atoms with Crippen LogP contribution in [0.2, 0.25) is 0 Å². The first-order valence-electron chi connectivity index (χ1n) is 8.56. The number of carboxylic acid groups (broad SMARTS) is 1. The van der Waals surface area contributed by atoms with Gasteiger partial charge in [0, 0.05) is 23.1 Å². The van der Waals surface area contributed by atoms with E-state index >= 15 is 0 Å². The summed E-state index contributed by atoms with van der Waals surface area (Å²) in [6.07, 6.45) is 0.0106. The quantitative estimate of drug-likeness (QED) is 0.359. The largest absolute Gasteiger partial charge is 0.477 e. The minimum atomic E-state index is -1.81. The number of esters is 1. The Kier molecular flexibility index (Phi) is 5.80. The zero-order valence-electron chi connectivity index (χ0n) is 15.6. The lowest BCUT2D eigenvalue weighted by Crippen LogP contribution is -2.82. The van der Waals surface area contributed by atoms with Gasteiger partial charge in [0.25, 0.3) is 5.91 Å². The van der Waals surface area contributed by atoms with Gasteiger partial charge >= 0.3 is 11.9 Å². The molecule has 2 atom stereocenters. The number of rotatable bonds is 7. The molecule has 3 rings (SSSR count). The van der Waals surface area contributed by atoms with Crippen LogP contribution in [0.4, 0.5) is 0 Å². The number of nitrogens with one attached hydrogen (secondary N) is 1. The van der Waals surface area contributed by atoms with E-state index in [0.717, 1.165) is 21.5 Å². The number of Topliss-reactive ketones (excluding diaryl/α,β-unsaturated/α-hetero) is 1. The normalized spacial score (nSPS) is 23.2. The Morgan fingerprint density at radius 1 is 1.34 bits per heavy atom. The number of ketones is 1. The van der Waals surface area contributed by atoms with Crippen molar-refractivity contribution in [2.45, 2.75) is 31.2 Å². The summed E-state index contributed by atoms with van der Waals surface area (Å²) in [7, 11) is 0. The second-order valence-corrected chi connectivity index (χ2v) is 8.65. The number of carbonyl (C=O) groups excluding carboxylic acids is 4.